The van der Waals surface area contributed by atoms with E-state index in [0.29, 0.717) is 35.1 Å². The van der Waals surface area contributed by atoms with Gasteiger partial charge in [-0.3, -0.25) is 4.79 Å². The lowest BCUT2D eigenvalue weighted by atomic mass is 10.2. The second-order valence-corrected chi connectivity index (χ2v) is 5.45. The number of benzene rings is 1. The van der Waals surface area contributed by atoms with Gasteiger partial charge in [-0.1, -0.05) is 18.1 Å². The normalized spacial score (nSPS) is 10.6. The number of nitrogens with one attached hydrogen (secondary N) is 1. The molecule has 5 nitrogen and oxygen atoms in total. The van der Waals surface area contributed by atoms with Crippen molar-refractivity contribution in [2.24, 2.45) is 0 Å². The maximum Gasteiger partial charge on any atom is 0.234 e. The van der Waals surface area contributed by atoms with Crippen molar-refractivity contribution in [3.8, 4) is 0 Å². The molecule has 0 saturated heterocycles. The molecule has 1 heterocycles. The number of aromatic nitrogens is 2. The Balaban J connectivity index is 1.78. The van der Waals surface area contributed by atoms with Crippen molar-refractivity contribution in [2.45, 2.75) is 26.0 Å². The highest BCUT2D eigenvalue weighted by molar-refractivity contribution is 7.99. The minimum Gasteiger partial charge on any atom is -0.339 e. The minimum atomic E-state index is -0.334. The molecule has 112 valence electrons. The third kappa shape index (κ3) is 4.56. The molecule has 0 bridgehead atoms. The summed E-state index contributed by atoms with van der Waals surface area (Å²) in [7, 11) is 0. The number of hydrogen-bond acceptors (Lipinski definition) is 5. The Labute approximate surface area is 126 Å². The van der Waals surface area contributed by atoms with Gasteiger partial charge in [0, 0.05) is 12.1 Å². The standard InChI is InChI=1S/C14H16FN3O2S/c1-3-14-17-12(18-20-14)7-21-8-13(19)16-10-5-4-9(2)11(15)6-10/h4-6H,3,7-8H2,1-2H3,(H,16,19). The van der Waals surface area contributed by atoms with E-state index in [1.165, 1.54) is 17.8 Å². The first-order valence-electron chi connectivity index (χ1n) is 6.53. The summed E-state index contributed by atoms with van der Waals surface area (Å²) < 4.78 is 18.3. The average molecular weight is 309 g/mol. The smallest absolute Gasteiger partial charge is 0.234 e. The number of carbonyl (C=O) groups excluding carboxylic acids is 1. The van der Waals surface area contributed by atoms with Crippen LogP contribution in [0.1, 0.15) is 24.2 Å². The first-order valence-corrected chi connectivity index (χ1v) is 7.69. The first kappa shape index (κ1) is 15.5. The van der Waals surface area contributed by atoms with Crippen LogP contribution in [0.4, 0.5) is 10.1 Å². The fraction of sp³-hybridized carbons (Fsp3) is 0.357. The lowest BCUT2D eigenvalue weighted by molar-refractivity contribution is -0.113. The Hall–Kier alpha value is -1.89. The van der Waals surface area contributed by atoms with E-state index in [4.69, 9.17) is 4.52 Å². The zero-order valence-corrected chi connectivity index (χ0v) is 12.7. The van der Waals surface area contributed by atoms with Gasteiger partial charge in [0.05, 0.1) is 11.5 Å². The van der Waals surface area contributed by atoms with E-state index in [2.05, 4.69) is 15.5 Å². The molecule has 1 aromatic heterocycles. The van der Waals surface area contributed by atoms with Crippen LogP contribution < -0.4 is 5.32 Å². The molecule has 1 amide bonds. The number of rotatable bonds is 6. The summed E-state index contributed by atoms with van der Waals surface area (Å²) in [5, 5.41) is 6.45. The zero-order chi connectivity index (χ0) is 15.2. The van der Waals surface area contributed by atoms with E-state index >= 15 is 0 Å². The molecular formula is C14H16FN3O2S. The van der Waals surface area contributed by atoms with Crippen LogP contribution in [0.15, 0.2) is 22.7 Å². The van der Waals surface area contributed by atoms with Crippen LogP contribution in [-0.4, -0.2) is 21.8 Å². The topological polar surface area (TPSA) is 68.0 Å². The van der Waals surface area contributed by atoms with Crippen LogP contribution in [0.25, 0.3) is 0 Å². The van der Waals surface area contributed by atoms with Crippen molar-refractivity contribution in [2.75, 3.05) is 11.1 Å². The molecule has 0 aliphatic carbocycles. The molecule has 2 aromatic rings. The minimum absolute atomic E-state index is 0.192. The molecule has 0 spiro atoms. The van der Waals surface area contributed by atoms with Crippen molar-refractivity contribution in [3.05, 3.63) is 41.3 Å². The zero-order valence-electron chi connectivity index (χ0n) is 11.9. The van der Waals surface area contributed by atoms with Crippen molar-refractivity contribution in [1.82, 2.24) is 10.1 Å². The van der Waals surface area contributed by atoms with Gasteiger partial charge in [0.25, 0.3) is 0 Å². The van der Waals surface area contributed by atoms with Gasteiger partial charge in [-0.2, -0.15) is 4.98 Å². The molecule has 0 fully saturated rings. The highest BCUT2D eigenvalue weighted by Crippen LogP contribution is 2.15. The van der Waals surface area contributed by atoms with E-state index in [0.717, 1.165) is 0 Å². The van der Waals surface area contributed by atoms with Gasteiger partial charge in [-0.25, -0.2) is 4.39 Å². The molecule has 2 rings (SSSR count). The third-order valence-electron chi connectivity index (χ3n) is 2.73. The predicted molar refractivity (Wildman–Crippen MR) is 79.6 cm³/mol. The molecule has 1 aromatic carbocycles. The third-order valence-corrected chi connectivity index (χ3v) is 3.66. The Morgan fingerprint density at radius 1 is 1.48 bits per heavy atom. The number of nitrogens with zero attached hydrogens (tertiary/aromatic N) is 2. The van der Waals surface area contributed by atoms with Gasteiger partial charge in [-0.15, -0.1) is 11.8 Å². The number of anilines is 1. The Kier molecular flexibility index (Phi) is 5.32. The Bertz CT molecular complexity index is 630. The van der Waals surface area contributed by atoms with Crippen LogP contribution in [0, 0.1) is 12.7 Å². The van der Waals surface area contributed by atoms with E-state index in [1.807, 2.05) is 6.92 Å². The number of thioether (sulfide) groups is 1. The van der Waals surface area contributed by atoms with E-state index in [-0.39, 0.29) is 17.5 Å². The van der Waals surface area contributed by atoms with E-state index in [9.17, 15) is 9.18 Å². The van der Waals surface area contributed by atoms with Gasteiger partial charge in [0.1, 0.15) is 5.82 Å². The second-order valence-electron chi connectivity index (χ2n) is 4.46. The summed E-state index contributed by atoms with van der Waals surface area (Å²) in [5.41, 5.74) is 1.00. The van der Waals surface area contributed by atoms with Gasteiger partial charge < -0.3 is 9.84 Å². The largest absolute Gasteiger partial charge is 0.339 e. The SMILES string of the molecule is CCc1nc(CSCC(=O)Nc2ccc(C)c(F)c2)no1. The summed E-state index contributed by atoms with van der Waals surface area (Å²) in [6.45, 7) is 3.60. The van der Waals surface area contributed by atoms with Crippen LogP contribution in [0.2, 0.25) is 0 Å². The Morgan fingerprint density at radius 3 is 2.95 bits per heavy atom. The second kappa shape index (κ2) is 7.21. The Morgan fingerprint density at radius 2 is 2.29 bits per heavy atom. The monoisotopic (exact) mass is 309 g/mol. The molecule has 0 atom stereocenters. The number of carbonyl (C=O) groups is 1. The van der Waals surface area contributed by atoms with Gasteiger partial charge >= 0.3 is 0 Å². The van der Waals surface area contributed by atoms with Crippen LogP contribution >= 0.6 is 11.8 Å². The van der Waals surface area contributed by atoms with Crippen LogP contribution in [0.3, 0.4) is 0 Å². The fourth-order valence-electron chi connectivity index (χ4n) is 1.60. The van der Waals surface area contributed by atoms with Gasteiger partial charge in [0.2, 0.25) is 11.8 Å². The molecule has 0 aliphatic rings. The molecule has 0 radical (unpaired) electrons. The summed E-state index contributed by atoms with van der Waals surface area (Å²) in [6, 6.07) is 4.61. The predicted octanol–water partition coefficient (Wildman–Crippen LogP) is 2.95. The van der Waals surface area contributed by atoms with E-state index < -0.39 is 0 Å². The van der Waals surface area contributed by atoms with Crippen molar-refractivity contribution in [3.63, 3.8) is 0 Å². The van der Waals surface area contributed by atoms with Crippen molar-refractivity contribution < 1.29 is 13.7 Å². The molecular weight excluding hydrogens is 293 g/mol. The van der Waals surface area contributed by atoms with Crippen molar-refractivity contribution in [1.29, 1.82) is 0 Å². The molecule has 0 saturated carbocycles. The summed E-state index contributed by atoms with van der Waals surface area (Å²) in [6.07, 6.45) is 0.692. The summed E-state index contributed by atoms with van der Waals surface area (Å²) in [4.78, 5) is 15.9. The molecule has 0 unspecified atom stereocenters. The number of halogens is 1. The fourth-order valence-corrected chi connectivity index (χ4v) is 2.25. The molecule has 21 heavy (non-hydrogen) atoms. The number of aryl methyl sites for hydroxylation is 2. The van der Waals surface area contributed by atoms with E-state index in [1.54, 1.807) is 19.1 Å². The number of amides is 1. The van der Waals surface area contributed by atoms with Crippen molar-refractivity contribution >= 4 is 23.4 Å². The van der Waals surface area contributed by atoms with Gasteiger partial charge in [-0.05, 0) is 24.6 Å². The molecule has 1 N–H and O–H groups in total. The summed E-state index contributed by atoms with van der Waals surface area (Å²) >= 11 is 1.37. The van der Waals surface area contributed by atoms with Gasteiger partial charge in [0.15, 0.2) is 5.82 Å². The van der Waals surface area contributed by atoms with Crippen LogP contribution in [-0.2, 0) is 17.0 Å². The maximum atomic E-state index is 13.4. The summed E-state index contributed by atoms with van der Waals surface area (Å²) in [5.74, 6) is 1.38. The van der Waals surface area contributed by atoms with Crippen LogP contribution in [0.5, 0.6) is 0 Å². The maximum absolute atomic E-state index is 13.4. The first-order chi connectivity index (χ1) is 10.1. The lowest BCUT2D eigenvalue weighted by Gasteiger charge is -2.05. The number of hydrogen-bond donors (Lipinski definition) is 1. The highest BCUT2D eigenvalue weighted by atomic mass is 32.2. The quantitative estimate of drug-likeness (QED) is 0.888. The highest BCUT2D eigenvalue weighted by Gasteiger charge is 2.08. The lowest BCUT2D eigenvalue weighted by Crippen LogP contribution is -2.14. The molecule has 0 aliphatic heterocycles. The average Bonchev–Trinajstić information content (AvgIpc) is 2.91. The molecule has 7 heteroatoms.